The number of hydrogen-bond acceptors (Lipinski definition) is 2. The molecule has 0 atom stereocenters. The van der Waals surface area contributed by atoms with Crippen LogP contribution in [0.2, 0.25) is 0 Å². The average molecular weight is 719 g/mol. The largest absolute Gasteiger partial charge is 0.135 e. The van der Waals surface area contributed by atoms with E-state index in [1.54, 1.807) is 0 Å². The molecule has 0 unspecified atom stereocenters. The molecule has 2 heterocycles. The van der Waals surface area contributed by atoms with Crippen molar-refractivity contribution >= 4 is 106 Å². The Kier molecular flexibility index (Phi) is 6.48. The fraction of sp³-hybridized carbons (Fsp3) is 0. The zero-order chi connectivity index (χ0) is 35.3. The van der Waals surface area contributed by atoms with Gasteiger partial charge in [0.05, 0.1) is 0 Å². The summed E-state index contributed by atoms with van der Waals surface area (Å²) in [6.07, 6.45) is 0. The lowest BCUT2D eigenvalue weighted by molar-refractivity contribution is 1.63. The van der Waals surface area contributed by atoms with Crippen LogP contribution >= 0.6 is 22.7 Å². The van der Waals surface area contributed by atoms with Gasteiger partial charge in [-0.2, -0.15) is 0 Å². The third kappa shape index (κ3) is 4.48. The Hall–Kier alpha value is -6.32. The molecule has 2 aromatic heterocycles. The summed E-state index contributed by atoms with van der Waals surface area (Å²) < 4.78 is 5.42. The van der Waals surface area contributed by atoms with E-state index in [0.717, 1.165) is 0 Å². The summed E-state index contributed by atoms with van der Waals surface area (Å²) in [6.45, 7) is 0. The fourth-order valence-corrected chi connectivity index (χ4v) is 11.3. The summed E-state index contributed by atoms with van der Waals surface area (Å²) >= 11 is 3.84. The van der Waals surface area contributed by atoms with Gasteiger partial charge in [-0.25, -0.2) is 0 Å². The van der Waals surface area contributed by atoms with E-state index in [4.69, 9.17) is 0 Å². The molecule has 250 valence electrons. The zero-order valence-electron chi connectivity index (χ0n) is 29.1. The van der Waals surface area contributed by atoms with Crippen LogP contribution in [0.4, 0.5) is 0 Å². The van der Waals surface area contributed by atoms with Gasteiger partial charge >= 0.3 is 0 Å². The molecule has 12 aromatic rings. The molecule has 0 amide bonds. The monoisotopic (exact) mass is 718 g/mol. The number of rotatable bonds is 3. The summed E-state index contributed by atoms with van der Waals surface area (Å²) in [6, 6.07) is 67.8. The van der Waals surface area contributed by atoms with E-state index < -0.39 is 0 Å². The highest BCUT2D eigenvalue weighted by Gasteiger charge is 2.19. The van der Waals surface area contributed by atoms with Gasteiger partial charge in [0.15, 0.2) is 0 Å². The molecule has 0 aliphatic heterocycles. The van der Waals surface area contributed by atoms with Crippen molar-refractivity contribution in [3.63, 3.8) is 0 Å². The molecule has 0 aliphatic carbocycles. The van der Waals surface area contributed by atoms with Crippen molar-refractivity contribution < 1.29 is 0 Å². The molecular formula is C52H30S2. The molecule has 0 nitrogen and oxygen atoms in total. The lowest BCUT2D eigenvalue weighted by Gasteiger charge is -2.18. The normalized spacial score (nSPS) is 12.1. The average Bonchev–Trinajstić information content (AvgIpc) is 3.78. The van der Waals surface area contributed by atoms with Gasteiger partial charge in [0.2, 0.25) is 0 Å². The van der Waals surface area contributed by atoms with E-state index >= 15 is 0 Å². The smallest absolute Gasteiger partial charge is 0.0433 e. The van der Waals surface area contributed by atoms with Gasteiger partial charge in [0.25, 0.3) is 0 Å². The van der Waals surface area contributed by atoms with E-state index in [1.165, 1.54) is 117 Å². The highest BCUT2D eigenvalue weighted by atomic mass is 32.1. The summed E-state index contributed by atoms with van der Waals surface area (Å²) in [5.74, 6) is 0. The maximum atomic E-state index is 2.44. The molecule has 0 saturated carbocycles. The number of hydrogen-bond donors (Lipinski definition) is 0. The van der Waals surface area contributed by atoms with Crippen LogP contribution < -0.4 is 0 Å². The molecule has 10 aromatic carbocycles. The maximum absolute atomic E-state index is 2.44. The predicted octanol–water partition coefficient (Wildman–Crippen LogP) is 16.0. The Bertz CT molecular complexity index is 3450. The van der Waals surface area contributed by atoms with Crippen LogP contribution in [-0.4, -0.2) is 0 Å². The van der Waals surface area contributed by atoms with Gasteiger partial charge in [-0.15, -0.1) is 22.7 Å². The van der Waals surface area contributed by atoms with E-state index in [2.05, 4.69) is 182 Å². The maximum Gasteiger partial charge on any atom is 0.0433 e. The van der Waals surface area contributed by atoms with Crippen LogP contribution in [0.15, 0.2) is 182 Å². The van der Waals surface area contributed by atoms with E-state index in [-0.39, 0.29) is 0 Å². The van der Waals surface area contributed by atoms with Gasteiger partial charge in [0, 0.05) is 40.3 Å². The molecule has 2 heteroatoms. The second-order valence-electron chi connectivity index (χ2n) is 14.4. The summed E-state index contributed by atoms with van der Waals surface area (Å²) in [7, 11) is 0. The van der Waals surface area contributed by atoms with Crippen molar-refractivity contribution in [2.75, 3.05) is 0 Å². The minimum Gasteiger partial charge on any atom is -0.135 e. The first-order valence-electron chi connectivity index (χ1n) is 18.5. The SMILES string of the molecule is c1cc(-c2ccc3ccccc3c2)cc(-c2c3ccccc3c(-c3ccc4c(c3)sc3cc5c(cc34)sc3c4ccccc4ccc53)c3ccccc23)c1. The van der Waals surface area contributed by atoms with Crippen molar-refractivity contribution in [1.82, 2.24) is 0 Å². The van der Waals surface area contributed by atoms with Crippen molar-refractivity contribution in [2.24, 2.45) is 0 Å². The molecular weight excluding hydrogens is 689 g/mol. The minimum absolute atomic E-state index is 1.23. The van der Waals surface area contributed by atoms with Crippen LogP contribution in [0.1, 0.15) is 0 Å². The molecule has 0 radical (unpaired) electrons. The zero-order valence-corrected chi connectivity index (χ0v) is 30.8. The third-order valence-corrected chi connectivity index (χ3v) is 13.7. The molecule has 12 rings (SSSR count). The van der Waals surface area contributed by atoms with Crippen molar-refractivity contribution in [3.05, 3.63) is 182 Å². The fourth-order valence-electron chi connectivity index (χ4n) is 8.90. The van der Waals surface area contributed by atoms with Gasteiger partial charge in [-0.3, -0.25) is 0 Å². The molecule has 54 heavy (non-hydrogen) atoms. The van der Waals surface area contributed by atoms with Gasteiger partial charge in [-0.05, 0) is 107 Å². The van der Waals surface area contributed by atoms with Crippen LogP contribution in [-0.2, 0) is 0 Å². The highest BCUT2D eigenvalue weighted by Crippen LogP contribution is 2.47. The van der Waals surface area contributed by atoms with Crippen molar-refractivity contribution in [1.29, 1.82) is 0 Å². The van der Waals surface area contributed by atoms with Crippen LogP contribution in [0, 0.1) is 0 Å². The van der Waals surface area contributed by atoms with Gasteiger partial charge < -0.3 is 0 Å². The summed E-state index contributed by atoms with van der Waals surface area (Å²) in [5, 5.41) is 15.7. The molecule has 0 spiro atoms. The molecule has 0 N–H and O–H groups in total. The summed E-state index contributed by atoms with van der Waals surface area (Å²) in [5.41, 5.74) is 7.55. The molecule has 0 saturated heterocycles. The Balaban J connectivity index is 1.04. The predicted molar refractivity (Wildman–Crippen MR) is 239 cm³/mol. The Morgan fingerprint density at radius 1 is 0.241 bits per heavy atom. The topological polar surface area (TPSA) is 0 Å². The Morgan fingerprint density at radius 2 is 0.741 bits per heavy atom. The second kappa shape index (κ2) is 11.6. The first-order valence-corrected chi connectivity index (χ1v) is 20.1. The lowest BCUT2D eigenvalue weighted by Crippen LogP contribution is -1.91. The molecule has 0 bridgehead atoms. The number of thiophene rings is 2. The minimum atomic E-state index is 1.23. The van der Waals surface area contributed by atoms with Gasteiger partial charge in [0.1, 0.15) is 0 Å². The number of benzene rings is 10. The standard InChI is InChI=1S/C52H30S2/c1-2-12-33-26-35(21-20-31(33)10-1)34-13-9-14-36(27-34)50-40-16-5-7-18-42(40)51(43-19-8-6-17-41(43)50)37-23-24-39-45-29-49-46(30-48(45)53-47(39)28-37)44-25-22-32-11-3-4-15-38(32)52(44)54-49/h1-30H. The van der Waals surface area contributed by atoms with E-state index in [1.807, 2.05) is 22.7 Å². The first kappa shape index (κ1) is 30.2. The summed E-state index contributed by atoms with van der Waals surface area (Å²) in [4.78, 5) is 0. The molecule has 0 aliphatic rings. The highest BCUT2D eigenvalue weighted by molar-refractivity contribution is 7.28. The Morgan fingerprint density at radius 3 is 1.48 bits per heavy atom. The van der Waals surface area contributed by atoms with Crippen LogP contribution in [0.25, 0.3) is 117 Å². The Labute approximate surface area is 319 Å². The molecule has 0 fully saturated rings. The number of fused-ring (bicyclic) bond motifs is 11. The van der Waals surface area contributed by atoms with Crippen LogP contribution in [0.5, 0.6) is 0 Å². The van der Waals surface area contributed by atoms with E-state index in [0.29, 0.717) is 0 Å². The van der Waals surface area contributed by atoms with Crippen molar-refractivity contribution in [3.8, 4) is 33.4 Å². The third-order valence-electron chi connectivity index (χ3n) is 11.4. The van der Waals surface area contributed by atoms with Crippen molar-refractivity contribution in [2.45, 2.75) is 0 Å². The van der Waals surface area contributed by atoms with Crippen LogP contribution in [0.3, 0.4) is 0 Å². The second-order valence-corrected chi connectivity index (χ2v) is 16.5. The lowest BCUT2D eigenvalue weighted by atomic mass is 9.85. The van der Waals surface area contributed by atoms with E-state index in [9.17, 15) is 0 Å². The quantitative estimate of drug-likeness (QED) is 0.160. The first-order chi connectivity index (χ1) is 26.7. The van der Waals surface area contributed by atoms with Gasteiger partial charge in [-0.1, -0.05) is 152 Å².